The smallest absolute Gasteiger partial charge is 0.261 e. The van der Waals surface area contributed by atoms with Gasteiger partial charge in [0.25, 0.3) is 5.91 Å². The van der Waals surface area contributed by atoms with Gasteiger partial charge in [-0.05, 0) is 42.2 Å². The molecule has 1 amide bonds. The van der Waals surface area contributed by atoms with Crippen LogP contribution in [-0.2, 0) is 24.4 Å². The van der Waals surface area contributed by atoms with Crippen LogP contribution >= 0.6 is 0 Å². The molecular weight excluding hydrogens is 290 g/mol. The summed E-state index contributed by atoms with van der Waals surface area (Å²) in [6.07, 6.45) is 0.337. The number of hydrogen-bond donors (Lipinski definition) is 2. The van der Waals surface area contributed by atoms with E-state index in [4.69, 9.17) is 9.84 Å². The highest BCUT2D eigenvalue weighted by Gasteiger charge is 2.14. The van der Waals surface area contributed by atoms with Crippen LogP contribution in [0.15, 0.2) is 48.5 Å². The molecule has 0 spiro atoms. The van der Waals surface area contributed by atoms with Crippen LogP contribution in [0.2, 0.25) is 0 Å². The van der Waals surface area contributed by atoms with Crippen LogP contribution in [0.1, 0.15) is 30.5 Å². The molecule has 2 N–H and O–H groups in total. The van der Waals surface area contributed by atoms with Crippen LogP contribution < -0.4 is 10.1 Å². The minimum Gasteiger partial charge on any atom is -0.481 e. The Morgan fingerprint density at radius 2 is 1.91 bits per heavy atom. The lowest BCUT2D eigenvalue weighted by atomic mass is 10.1. The van der Waals surface area contributed by atoms with Crippen LogP contribution in [0, 0.1) is 0 Å². The van der Waals surface area contributed by atoms with E-state index in [1.807, 2.05) is 18.2 Å². The topological polar surface area (TPSA) is 58.6 Å². The van der Waals surface area contributed by atoms with Gasteiger partial charge in [0.1, 0.15) is 5.75 Å². The highest BCUT2D eigenvalue weighted by molar-refractivity contribution is 5.80. The number of aliphatic hydroxyl groups is 1. The molecule has 2 aromatic carbocycles. The van der Waals surface area contributed by atoms with E-state index in [1.165, 1.54) is 5.56 Å². The molecule has 0 radical (unpaired) electrons. The maximum absolute atomic E-state index is 12.2. The maximum atomic E-state index is 12.2. The summed E-state index contributed by atoms with van der Waals surface area (Å²) in [6, 6.07) is 15.2. The average molecular weight is 313 g/mol. The first-order chi connectivity index (χ1) is 11.1. The lowest BCUT2D eigenvalue weighted by Gasteiger charge is -2.16. The van der Waals surface area contributed by atoms with E-state index < -0.39 is 6.10 Å². The molecule has 23 heavy (non-hydrogen) atoms. The van der Waals surface area contributed by atoms with Gasteiger partial charge in [-0.2, -0.15) is 0 Å². The van der Waals surface area contributed by atoms with Crippen LogP contribution in [-0.4, -0.2) is 17.1 Å². The van der Waals surface area contributed by atoms with Gasteiger partial charge in [-0.15, -0.1) is 0 Å². The molecule has 0 fully saturated rings. The summed E-state index contributed by atoms with van der Waals surface area (Å²) in [5.41, 5.74) is 3.11. The molecule has 0 saturated heterocycles. The van der Waals surface area contributed by atoms with Gasteiger partial charge in [-0.3, -0.25) is 4.79 Å². The van der Waals surface area contributed by atoms with Crippen molar-refractivity contribution in [1.82, 2.24) is 5.32 Å². The number of rotatable bonds is 7. The molecule has 2 aromatic rings. The summed E-state index contributed by atoms with van der Waals surface area (Å²) in [7, 11) is 0. The fraction of sp³-hybridized carbons (Fsp3) is 0.316. The van der Waals surface area contributed by atoms with Gasteiger partial charge < -0.3 is 15.2 Å². The van der Waals surface area contributed by atoms with E-state index in [1.54, 1.807) is 31.2 Å². The summed E-state index contributed by atoms with van der Waals surface area (Å²) in [6.45, 7) is 4.26. The lowest BCUT2D eigenvalue weighted by molar-refractivity contribution is -0.127. The molecule has 1 atom stereocenters. The molecule has 1 unspecified atom stereocenters. The fourth-order valence-electron chi connectivity index (χ4n) is 2.38. The van der Waals surface area contributed by atoms with Gasteiger partial charge in [0, 0.05) is 6.54 Å². The predicted octanol–water partition coefficient (Wildman–Crippen LogP) is 2.83. The molecule has 0 aromatic heterocycles. The molecular formula is C19H23NO3. The largest absolute Gasteiger partial charge is 0.481 e. The van der Waals surface area contributed by atoms with Crippen LogP contribution in [0.3, 0.4) is 0 Å². The van der Waals surface area contributed by atoms with E-state index in [-0.39, 0.29) is 12.5 Å². The zero-order valence-electron chi connectivity index (χ0n) is 13.6. The average Bonchev–Trinajstić information content (AvgIpc) is 2.59. The summed E-state index contributed by atoms with van der Waals surface area (Å²) in [5, 5.41) is 12.0. The van der Waals surface area contributed by atoms with Crippen molar-refractivity contribution in [2.45, 2.75) is 39.5 Å². The Hall–Kier alpha value is -2.33. The molecule has 0 aliphatic rings. The van der Waals surface area contributed by atoms with Crippen LogP contribution in [0.25, 0.3) is 0 Å². The van der Waals surface area contributed by atoms with E-state index >= 15 is 0 Å². The third kappa shape index (κ3) is 4.83. The Kier molecular flexibility index (Phi) is 6.18. The number of nitrogens with one attached hydrogen (secondary N) is 1. The minimum absolute atomic E-state index is 0.0500. The van der Waals surface area contributed by atoms with Crippen molar-refractivity contribution in [3.05, 3.63) is 65.2 Å². The molecule has 4 nitrogen and oxygen atoms in total. The first-order valence-corrected chi connectivity index (χ1v) is 7.85. The molecule has 0 saturated carbocycles. The SMILES string of the molecule is CCc1ccccc1CNC(=O)C(C)Oc1cccc(CO)c1. The standard InChI is InChI=1S/C19H23NO3/c1-3-16-8-4-5-9-17(16)12-20-19(22)14(2)23-18-10-6-7-15(11-18)13-21/h4-11,14,21H,3,12-13H2,1-2H3,(H,20,22). The molecule has 0 aliphatic carbocycles. The Morgan fingerprint density at radius 1 is 1.17 bits per heavy atom. The van der Waals surface area contributed by atoms with Gasteiger partial charge in [0.2, 0.25) is 0 Å². The zero-order valence-corrected chi connectivity index (χ0v) is 13.6. The lowest BCUT2D eigenvalue weighted by Crippen LogP contribution is -2.36. The zero-order chi connectivity index (χ0) is 16.7. The highest BCUT2D eigenvalue weighted by atomic mass is 16.5. The van der Waals surface area contributed by atoms with E-state index in [0.29, 0.717) is 12.3 Å². The third-order valence-electron chi connectivity index (χ3n) is 3.72. The number of ether oxygens (including phenoxy) is 1. The fourth-order valence-corrected chi connectivity index (χ4v) is 2.38. The number of amides is 1. The maximum Gasteiger partial charge on any atom is 0.261 e. The number of aryl methyl sites for hydroxylation is 1. The molecule has 122 valence electrons. The number of hydrogen-bond acceptors (Lipinski definition) is 3. The quantitative estimate of drug-likeness (QED) is 0.826. The molecule has 0 bridgehead atoms. The Bertz CT molecular complexity index is 655. The summed E-state index contributed by atoms with van der Waals surface area (Å²) in [4.78, 5) is 12.2. The van der Waals surface area contributed by atoms with E-state index in [0.717, 1.165) is 17.5 Å². The van der Waals surface area contributed by atoms with Crippen molar-refractivity contribution in [2.24, 2.45) is 0 Å². The molecule has 0 aliphatic heterocycles. The molecule has 4 heteroatoms. The molecule has 0 heterocycles. The summed E-state index contributed by atoms with van der Waals surface area (Å²) in [5.74, 6) is 0.415. The second-order valence-electron chi connectivity index (χ2n) is 5.41. The van der Waals surface area contributed by atoms with Gasteiger partial charge in [-0.1, -0.05) is 43.3 Å². The number of aliphatic hydroxyl groups excluding tert-OH is 1. The van der Waals surface area contributed by atoms with Gasteiger partial charge in [0.15, 0.2) is 6.10 Å². The van der Waals surface area contributed by atoms with Gasteiger partial charge >= 0.3 is 0 Å². The van der Waals surface area contributed by atoms with Crippen molar-refractivity contribution in [3.8, 4) is 5.75 Å². The van der Waals surface area contributed by atoms with E-state index in [9.17, 15) is 4.79 Å². The highest BCUT2D eigenvalue weighted by Crippen LogP contribution is 2.15. The summed E-state index contributed by atoms with van der Waals surface area (Å²) >= 11 is 0. The second kappa shape index (κ2) is 8.34. The van der Waals surface area contributed by atoms with Gasteiger partial charge in [-0.25, -0.2) is 0 Å². The monoisotopic (exact) mass is 313 g/mol. The normalized spacial score (nSPS) is 11.8. The number of benzene rings is 2. The second-order valence-corrected chi connectivity index (χ2v) is 5.41. The Balaban J connectivity index is 1.92. The van der Waals surface area contributed by atoms with Crippen molar-refractivity contribution in [3.63, 3.8) is 0 Å². The van der Waals surface area contributed by atoms with E-state index in [2.05, 4.69) is 18.3 Å². The van der Waals surface area contributed by atoms with Crippen molar-refractivity contribution in [2.75, 3.05) is 0 Å². The first kappa shape index (κ1) is 17.0. The Labute approximate surface area is 137 Å². The van der Waals surface area contributed by atoms with Crippen molar-refractivity contribution in [1.29, 1.82) is 0 Å². The summed E-state index contributed by atoms with van der Waals surface area (Å²) < 4.78 is 5.64. The number of carbonyl (C=O) groups excluding carboxylic acids is 1. The van der Waals surface area contributed by atoms with Crippen LogP contribution in [0.4, 0.5) is 0 Å². The number of carbonyl (C=O) groups is 1. The van der Waals surface area contributed by atoms with Gasteiger partial charge in [0.05, 0.1) is 6.61 Å². The predicted molar refractivity (Wildman–Crippen MR) is 90.1 cm³/mol. The van der Waals surface area contributed by atoms with Crippen molar-refractivity contribution < 1.29 is 14.6 Å². The minimum atomic E-state index is -0.599. The first-order valence-electron chi connectivity index (χ1n) is 7.85. The van der Waals surface area contributed by atoms with Crippen LogP contribution in [0.5, 0.6) is 5.75 Å². The Morgan fingerprint density at radius 3 is 2.61 bits per heavy atom. The molecule has 2 rings (SSSR count). The van der Waals surface area contributed by atoms with Crippen molar-refractivity contribution >= 4 is 5.91 Å². The third-order valence-corrected chi connectivity index (χ3v) is 3.72.